The number of hydrogen-bond acceptors (Lipinski definition) is 4. The number of benzene rings is 1. The minimum Gasteiger partial charge on any atom is -0.462 e. The molecule has 0 aliphatic rings. The minimum absolute atomic E-state index is 0.298. The second-order valence-corrected chi connectivity index (χ2v) is 5.59. The van der Waals surface area contributed by atoms with Crippen LogP contribution in [-0.2, 0) is 14.3 Å². The van der Waals surface area contributed by atoms with Crippen LogP contribution in [-0.4, -0.2) is 22.9 Å². The molecule has 3 rings (SSSR count). The number of ether oxygens (including phenoxy) is 2. The summed E-state index contributed by atoms with van der Waals surface area (Å²) in [6, 6.07) is 16.7. The van der Waals surface area contributed by atoms with Gasteiger partial charge in [0.2, 0.25) is 0 Å². The number of rotatable bonds is 5. The molecule has 25 heavy (non-hydrogen) atoms. The van der Waals surface area contributed by atoms with Crippen LogP contribution in [0.3, 0.4) is 0 Å². The molecule has 0 amide bonds. The van der Waals surface area contributed by atoms with Gasteiger partial charge in [-0.1, -0.05) is 30.3 Å². The number of aromatic nitrogens is 1. The number of fused-ring (bicyclic) bond motifs is 1. The first-order valence-corrected chi connectivity index (χ1v) is 8.10. The Balaban J connectivity index is 2.17. The minimum atomic E-state index is -0.622. The van der Waals surface area contributed by atoms with Gasteiger partial charge in [-0.3, -0.25) is 4.79 Å². The molecule has 1 atom stereocenters. The normalized spacial score (nSPS) is 11.9. The largest absolute Gasteiger partial charge is 0.462 e. The highest BCUT2D eigenvalue weighted by Crippen LogP contribution is 2.28. The van der Waals surface area contributed by atoms with Crippen molar-refractivity contribution in [1.82, 2.24) is 4.40 Å². The summed E-state index contributed by atoms with van der Waals surface area (Å²) in [5.74, 6) is -0.794. The molecule has 0 fully saturated rings. The van der Waals surface area contributed by atoms with Crippen molar-refractivity contribution in [2.45, 2.75) is 20.0 Å². The zero-order chi connectivity index (χ0) is 17.8. The quantitative estimate of drug-likeness (QED) is 0.665. The lowest BCUT2D eigenvalue weighted by Gasteiger charge is -2.20. The third kappa shape index (κ3) is 3.55. The highest BCUT2D eigenvalue weighted by molar-refractivity contribution is 5.91. The van der Waals surface area contributed by atoms with Gasteiger partial charge in [0.05, 0.1) is 17.9 Å². The van der Waals surface area contributed by atoms with Crippen LogP contribution in [0.2, 0.25) is 0 Å². The van der Waals surface area contributed by atoms with E-state index in [1.165, 1.54) is 6.92 Å². The number of pyridine rings is 1. The van der Waals surface area contributed by atoms with E-state index in [0.717, 1.165) is 11.1 Å². The average molecular weight is 337 g/mol. The molecule has 5 heteroatoms. The number of nitrogens with zero attached hydrogens (tertiary/aromatic N) is 1. The molecule has 0 spiro atoms. The Bertz CT molecular complexity index is 898. The monoisotopic (exact) mass is 337 g/mol. The molecule has 0 saturated heterocycles. The zero-order valence-corrected chi connectivity index (χ0v) is 14.1. The summed E-state index contributed by atoms with van der Waals surface area (Å²) < 4.78 is 12.6. The Labute approximate surface area is 145 Å². The molecule has 1 unspecified atom stereocenters. The van der Waals surface area contributed by atoms with Gasteiger partial charge in [-0.2, -0.15) is 0 Å². The summed E-state index contributed by atoms with van der Waals surface area (Å²) in [7, 11) is 0. The number of carbonyl (C=O) groups excluding carboxylic acids is 2. The van der Waals surface area contributed by atoms with Gasteiger partial charge in [-0.15, -0.1) is 0 Å². The van der Waals surface area contributed by atoms with Crippen molar-refractivity contribution in [2.75, 3.05) is 6.61 Å². The standard InChI is InChI=1S/C20H19NO4/c1-3-24-20(23)16-12-17-10-7-11-21(17)18(13-16)19(25-14(2)22)15-8-5-4-6-9-15/h4-13,19H,3H2,1-2H3. The first-order chi connectivity index (χ1) is 12.1. The van der Waals surface area contributed by atoms with Crippen LogP contribution in [0.1, 0.15) is 41.6 Å². The van der Waals surface area contributed by atoms with E-state index < -0.39 is 18.0 Å². The molecule has 0 saturated carbocycles. The fourth-order valence-electron chi connectivity index (χ4n) is 2.80. The van der Waals surface area contributed by atoms with Crippen LogP contribution >= 0.6 is 0 Å². The molecule has 128 valence electrons. The lowest BCUT2D eigenvalue weighted by molar-refractivity contribution is -0.145. The van der Waals surface area contributed by atoms with Crippen molar-refractivity contribution in [2.24, 2.45) is 0 Å². The molecule has 3 aromatic rings. The summed E-state index contributed by atoms with van der Waals surface area (Å²) in [4.78, 5) is 23.9. The van der Waals surface area contributed by atoms with E-state index in [9.17, 15) is 9.59 Å². The van der Waals surface area contributed by atoms with Crippen LogP contribution in [0.5, 0.6) is 0 Å². The smallest absolute Gasteiger partial charge is 0.338 e. The molecule has 0 aliphatic heterocycles. The molecular formula is C20H19NO4. The maximum Gasteiger partial charge on any atom is 0.338 e. The first-order valence-electron chi connectivity index (χ1n) is 8.10. The second-order valence-electron chi connectivity index (χ2n) is 5.59. The van der Waals surface area contributed by atoms with Crippen molar-refractivity contribution in [3.63, 3.8) is 0 Å². The van der Waals surface area contributed by atoms with Crippen LogP contribution < -0.4 is 0 Å². The molecule has 0 radical (unpaired) electrons. The van der Waals surface area contributed by atoms with Gasteiger partial charge in [-0.25, -0.2) is 4.79 Å². The third-order valence-electron chi connectivity index (χ3n) is 3.83. The summed E-state index contributed by atoms with van der Waals surface area (Å²) in [6.07, 6.45) is 1.25. The van der Waals surface area contributed by atoms with E-state index in [1.54, 1.807) is 19.1 Å². The van der Waals surface area contributed by atoms with Gasteiger partial charge < -0.3 is 13.9 Å². The van der Waals surface area contributed by atoms with E-state index in [2.05, 4.69) is 0 Å². The van der Waals surface area contributed by atoms with Gasteiger partial charge in [0.15, 0.2) is 6.10 Å². The Hall–Kier alpha value is -3.08. The fraction of sp³-hybridized carbons (Fsp3) is 0.200. The summed E-state index contributed by atoms with van der Waals surface area (Å²) in [5.41, 5.74) is 2.77. The Morgan fingerprint density at radius 3 is 2.52 bits per heavy atom. The van der Waals surface area contributed by atoms with Crippen molar-refractivity contribution < 1.29 is 19.1 Å². The Morgan fingerprint density at radius 1 is 1.08 bits per heavy atom. The molecule has 1 aromatic carbocycles. The number of hydrogen-bond donors (Lipinski definition) is 0. The zero-order valence-electron chi connectivity index (χ0n) is 14.1. The molecule has 0 N–H and O–H groups in total. The summed E-state index contributed by atoms with van der Waals surface area (Å²) >= 11 is 0. The van der Waals surface area contributed by atoms with E-state index in [4.69, 9.17) is 9.47 Å². The van der Waals surface area contributed by atoms with E-state index in [-0.39, 0.29) is 0 Å². The van der Waals surface area contributed by atoms with E-state index in [1.807, 2.05) is 53.1 Å². The van der Waals surface area contributed by atoms with Gasteiger partial charge in [0, 0.05) is 18.6 Å². The second kappa shape index (κ2) is 7.21. The van der Waals surface area contributed by atoms with Crippen molar-refractivity contribution in [3.05, 3.63) is 77.6 Å². The van der Waals surface area contributed by atoms with Crippen molar-refractivity contribution >= 4 is 17.5 Å². The van der Waals surface area contributed by atoms with Crippen molar-refractivity contribution in [3.8, 4) is 0 Å². The fourth-order valence-corrected chi connectivity index (χ4v) is 2.80. The highest BCUT2D eigenvalue weighted by Gasteiger charge is 2.22. The van der Waals surface area contributed by atoms with Crippen LogP contribution in [0.4, 0.5) is 0 Å². The van der Waals surface area contributed by atoms with Gasteiger partial charge in [0.1, 0.15) is 0 Å². The third-order valence-corrected chi connectivity index (χ3v) is 3.83. The van der Waals surface area contributed by atoms with Crippen LogP contribution in [0.25, 0.3) is 5.52 Å². The predicted octanol–water partition coefficient (Wildman–Crippen LogP) is 3.77. The van der Waals surface area contributed by atoms with Gasteiger partial charge in [0.25, 0.3) is 0 Å². The molecular weight excluding hydrogens is 318 g/mol. The van der Waals surface area contributed by atoms with E-state index >= 15 is 0 Å². The number of carbonyl (C=O) groups is 2. The SMILES string of the molecule is CCOC(=O)c1cc(C(OC(C)=O)c2ccccc2)n2cccc2c1. The first kappa shape index (κ1) is 16.8. The van der Waals surface area contributed by atoms with Gasteiger partial charge in [-0.05, 0) is 36.8 Å². The highest BCUT2D eigenvalue weighted by atomic mass is 16.5. The van der Waals surface area contributed by atoms with Crippen LogP contribution in [0, 0.1) is 0 Å². The lowest BCUT2D eigenvalue weighted by Crippen LogP contribution is -2.15. The maximum atomic E-state index is 12.2. The van der Waals surface area contributed by atoms with Gasteiger partial charge >= 0.3 is 11.9 Å². The number of esters is 2. The molecule has 2 aromatic heterocycles. The molecule has 2 heterocycles. The summed E-state index contributed by atoms with van der Waals surface area (Å²) in [5, 5.41) is 0. The van der Waals surface area contributed by atoms with Crippen LogP contribution in [0.15, 0.2) is 60.8 Å². The lowest BCUT2D eigenvalue weighted by atomic mass is 10.0. The predicted molar refractivity (Wildman–Crippen MR) is 93.4 cm³/mol. The van der Waals surface area contributed by atoms with Crippen molar-refractivity contribution in [1.29, 1.82) is 0 Å². The molecule has 5 nitrogen and oxygen atoms in total. The molecule has 0 bridgehead atoms. The molecule has 0 aliphatic carbocycles. The topological polar surface area (TPSA) is 57.0 Å². The average Bonchev–Trinajstić information content (AvgIpc) is 3.08. The Kier molecular flexibility index (Phi) is 4.84. The van der Waals surface area contributed by atoms with E-state index in [0.29, 0.717) is 17.9 Å². The Morgan fingerprint density at radius 2 is 1.84 bits per heavy atom. The maximum absolute atomic E-state index is 12.2. The summed E-state index contributed by atoms with van der Waals surface area (Å²) in [6.45, 7) is 3.44.